The van der Waals surface area contributed by atoms with E-state index in [1.54, 1.807) is 0 Å². The summed E-state index contributed by atoms with van der Waals surface area (Å²) >= 11 is 37.2. The van der Waals surface area contributed by atoms with Crippen molar-refractivity contribution in [2.75, 3.05) is 0 Å². The van der Waals surface area contributed by atoms with Gasteiger partial charge in [-0.3, -0.25) is 0 Å². The molecular weight excluding hydrogens is 325 g/mol. The molecule has 3 saturated carbocycles. The lowest BCUT2D eigenvalue weighted by Crippen LogP contribution is -2.54. The topological polar surface area (TPSA) is 20.2 Å². The molecule has 0 radical (unpaired) electrons. The molecule has 15 heavy (non-hydrogen) atoms. The van der Waals surface area contributed by atoms with E-state index in [1.807, 2.05) is 0 Å². The van der Waals surface area contributed by atoms with Crippen LogP contribution in [0.2, 0.25) is 0 Å². The number of hydrogen-bond acceptors (Lipinski definition) is 1. The zero-order chi connectivity index (χ0) is 11.4. The minimum Gasteiger partial charge on any atom is -0.389 e. The fourth-order valence-corrected chi connectivity index (χ4v) is 6.08. The van der Waals surface area contributed by atoms with E-state index >= 15 is 0 Å². The van der Waals surface area contributed by atoms with Gasteiger partial charge in [0.25, 0.3) is 0 Å². The summed E-state index contributed by atoms with van der Waals surface area (Å²) < 4.78 is -3.30. The van der Waals surface area contributed by atoms with Crippen LogP contribution in [0.5, 0.6) is 0 Å². The van der Waals surface area contributed by atoms with Crippen LogP contribution in [-0.2, 0) is 0 Å². The van der Waals surface area contributed by atoms with Gasteiger partial charge in [-0.2, -0.15) is 0 Å². The first-order valence-corrected chi connectivity index (χ1v) is 6.71. The molecule has 7 heteroatoms. The van der Waals surface area contributed by atoms with Crippen LogP contribution in [0.3, 0.4) is 0 Å². The number of hydrogen-bond donors (Lipinski definition) is 1. The maximum absolute atomic E-state index is 10.1. The van der Waals surface area contributed by atoms with E-state index in [-0.39, 0.29) is 11.8 Å². The third-order valence-corrected chi connectivity index (χ3v) is 8.72. The van der Waals surface area contributed by atoms with Crippen LogP contribution in [0.4, 0.5) is 0 Å². The summed E-state index contributed by atoms with van der Waals surface area (Å²) in [6, 6.07) is 0. The largest absolute Gasteiger partial charge is 0.389 e. The molecule has 3 aliphatic carbocycles. The minimum atomic E-state index is -1.65. The van der Waals surface area contributed by atoms with E-state index in [0.29, 0.717) is 0 Å². The second-order valence-electron chi connectivity index (χ2n) is 4.54. The maximum Gasteiger partial charge on any atom is 0.174 e. The Morgan fingerprint density at radius 2 is 1.13 bits per heavy atom. The van der Waals surface area contributed by atoms with Crippen molar-refractivity contribution in [1.29, 1.82) is 0 Å². The molecule has 0 aromatic rings. The summed E-state index contributed by atoms with van der Waals surface area (Å²) in [6.07, 6.45) is -0.339. The van der Waals surface area contributed by atoms with Crippen LogP contribution < -0.4 is 0 Å². The molecule has 86 valence electrons. The molecular formula is C8H6Cl6O. The van der Waals surface area contributed by atoms with E-state index in [0.717, 1.165) is 6.42 Å². The van der Waals surface area contributed by atoms with Gasteiger partial charge in [0.15, 0.2) is 8.67 Å². The van der Waals surface area contributed by atoms with Crippen molar-refractivity contribution in [3.8, 4) is 0 Å². The third-order valence-electron chi connectivity index (χ3n) is 4.02. The smallest absolute Gasteiger partial charge is 0.174 e. The quantitative estimate of drug-likeness (QED) is 0.676. The van der Waals surface area contributed by atoms with Crippen molar-refractivity contribution < 1.29 is 5.11 Å². The first-order chi connectivity index (χ1) is 6.63. The van der Waals surface area contributed by atoms with Gasteiger partial charge < -0.3 is 5.11 Å². The van der Waals surface area contributed by atoms with E-state index in [1.165, 1.54) is 0 Å². The van der Waals surface area contributed by atoms with E-state index in [4.69, 9.17) is 69.6 Å². The van der Waals surface area contributed by atoms with Crippen LogP contribution >= 0.6 is 69.6 Å². The highest BCUT2D eigenvalue weighted by Gasteiger charge is 2.94. The summed E-state index contributed by atoms with van der Waals surface area (Å²) in [5.74, 6) is -0.0143. The molecule has 0 saturated heterocycles. The van der Waals surface area contributed by atoms with Crippen molar-refractivity contribution in [2.24, 2.45) is 11.8 Å². The molecule has 0 heterocycles. The van der Waals surface area contributed by atoms with Crippen LogP contribution in [0, 0.1) is 11.8 Å². The van der Waals surface area contributed by atoms with Gasteiger partial charge in [0.2, 0.25) is 0 Å². The number of fused-ring (bicyclic) bond motifs is 5. The SMILES string of the molecule is OC1[C@@]2(Cl)[C@@H]3C[C@@H]3[C@]1(Cl)C(Cl)(Cl)C2(Cl)Cl. The molecule has 3 aliphatic rings. The van der Waals surface area contributed by atoms with Gasteiger partial charge in [-0.05, 0) is 18.3 Å². The fraction of sp³-hybridized carbons (Fsp3) is 1.00. The third kappa shape index (κ3) is 0.855. The lowest BCUT2D eigenvalue weighted by Gasteiger charge is -2.41. The Hall–Kier alpha value is 1.70. The highest BCUT2D eigenvalue weighted by Crippen LogP contribution is 2.84. The van der Waals surface area contributed by atoms with Crippen LogP contribution in [0.15, 0.2) is 0 Å². The zero-order valence-corrected chi connectivity index (χ0v) is 11.7. The van der Waals surface area contributed by atoms with Gasteiger partial charge in [-0.25, -0.2) is 0 Å². The Balaban J connectivity index is 2.27. The molecule has 2 bridgehead atoms. The second-order valence-corrected chi connectivity index (χ2v) is 8.44. The molecule has 3 fully saturated rings. The van der Waals surface area contributed by atoms with Gasteiger partial charge in [0.05, 0.1) is 6.10 Å². The molecule has 0 aromatic carbocycles. The standard InChI is InChI=1S/C8H6Cl6O/c9-5-2-1-3(2)6(10,4(5)15)8(13,14)7(5,11)12/h2-4,15H,1H2/t2-,3+,4?,5+,6-. The maximum atomic E-state index is 10.1. The number of alkyl halides is 6. The van der Waals surface area contributed by atoms with Crippen molar-refractivity contribution in [1.82, 2.24) is 0 Å². The number of rotatable bonds is 0. The first-order valence-electron chi connectivity index (χ1n) is 4.45. The Bertz CT molecular complexity index is 325. The summed E-state index contributed by atoms with van der Waals surface area (Å²) in [7, 11) is 0. The predicted octanol–water partition coefficient (Wildman–Crippen LogP) is 3.31. The second kappa shape index (κ2) is 2.66. The molecule has 5 atom stereocenters. The molecule has 1 N–H and O–H groups in total. The zero-order valence-electron chi connectivity index (χ0n) is 7.15. The highest BCUT2D eigenvalue weighted by atomic mass is 35.5. The Morgan fingerprint density at radius 1 is 0.800 bits per heavy atom. The molecule has 0 aromatic heterocycles. The molecule has 1 nitrogen and oxygen atoms in total. The van der Waals surface area contributed by atoms with Crippen molar-refractivity contribution in [3.63, 3.8) is 0 Å². The number of aliphatic hydroxyl groups is 1. The molecule has 1 unspecified atom stereocenters. The number of aliphatic hydroxyl groups excluding tert-OH is 1. The summed E-state index contributed by atoms with van der Waals surface area (Å²) in [5.41, 5.74) is 0. The van der Waals surface area contributed by atoms with E-state index in [2.05, 4.69) is 0 Å². The van der Waals surface area contributed by atoms with Crippen molar-refractivity contribution in [2.45, 2.75) is 30.9 Å². The average molecular weight is 331 g/mol. The molecule has 3 rings (SSSR count). The predicted molar refractivity (Wildman–Crippen MR) is 63.6 cm³/mol. The molecule has 0 spiro atoms. The van der Waals surface area contributed by atoms with Gasteiger partial charge >= 0.3 is 0 Å². The number of halogens is 6. The first kappa shape index (κ1) is 11.8. The van der Waals surface area contributed by atoms with Crippen LogP contribution in [-0.4, -0.2) is 29.6 Å². The lowest BCUT2D eigenvalue weighted by molar-refractivity contribution is 0.129. The Kier molecular flexibility index (Phi) is 2.09. The van der Waals surface area contributed by atoms with Gasteiger partial charge in [0.1, 0.15) is 9.75 Å². The monoisotopic (exact) mass is 328 g/mol. The van der Waals surface area contributed by atoms with E-state index in [9.17, 15) is 5.11 Å². The van der Waals surface area contributed by atoms with Crippen molar-refractivity contribution in [3.05, 3.63) is 0 Å². The van der Waals surface area contributed by atoms with Gasteiger partial charge in [-0.15, -0.1) is 23.2 Å². The lowest BCUT2D eigenvalue weighted by atomic mass is 9.97. The molecule has 0 aliphatic heterocycles. The fourth-order valence-electron chi connectivity index (χ4n) is 3.13. The summed E-state index contributed by atoms with van der Waals surface area (Å²) in [4.78, 5) is -2.49. The highest BCUT2D eigenvalue weighted by molar-refractivity contribution is 6.69. The Labute approximate surface area is 117 Å². The van der Waals surface area contributed by atoms with Crippen molar-refractivity contribution >= 4 is 69.6 Å². The normalized spacial score (nSPS) is 63.0. The van der Waals surface area contributed by atoms with E-state index < -0.39 is 24.5 Å². The Morgan fingerprint density at radius 3 is 1.40 bits per heavy atom. The molecule has 0 amide bonds. The average Bonchev–Trinajstić information content (AvgIpc) is 2.86. The summed E-state index contributed by atoms with van der Waals surface area (Å²) in [5, 5.41) is 10.1. The van der Waals surface area contributed by atoms with Gasteiger partial charge in [0, 0.05) is 0 Å². The summed E-state index contributed by atoms with van der Waals surface area (Å²) in [6.45, 7) is 0. The van der Waals surface area contributed by atoms with Crippen LogP contribution in [0.1, 0.15) is 6.42 Å². The van der Waals surface area contributed by atoms with Gasteiger partial charge in [-0.1, -0.05) is 46.4 Å². The minimum absolute atomic E-state index is 0.00714. The van der Waals surface area contributed by atoms with Crippen LogP contribution in [0.25, 0.3) is 0 Å².